The summed E-state index contributed by atoms with van der Waals surface area (Å²) in [6.07, 6.45) is 8.27. The number of imidazole rings is 1. The number of anilines is 1. The number of methoxy groups -OCH3 is 1. The van der Waals surface area contributed by atoms with Crippen LogP contribution in [0.4, 0.5) is 5.82 Å². The second kappa shape index (κ2) is 13.2. The summed E-state index contributed by atoms with van der Waals surface area (Å²) in [5.74, 6) is 6.07. The van der Waals surface area contributed by atoms with Crippen LogP contribution in [0.5, 0.6) is 5.75 Å². The molecule has 6 rings (SSSR count). The molecule has 0 radical (unpaired) electrons. The van der Waals surface area contributed by atoms with Crippen molar-refractivity contribution < 1.29 is 24.2 Å². The zero-order valence-electron chi connectivity index (χ0n) is 29.5. The van der Waals surface area contributed by atoms with Crippen LogP contribution in [0.25, 0.3) is 11.2 Å². The van der Waals surface area contributed by atoms with Crippen LogP contribution in [0, 0.1) is 34.0 Å². The van der Waals surface area contributed by atoms with E-state index in [1.165, 1.54) is 12.5 Å². The number of carbonyl (C=O) groups is 2. The number of hydrazone groups is 1. The number of esters is 1. The normalized spacial score (nSPS) is 32.8. The number of aliphatic hydroxyl groups excluding tert-OH is 1. The van der Waals surface area contributed by atoms with E-state index in [0.29, 0.717) is 53.4 Å². The predicted molar refractivity (Wildman–Crippen MR) is 191 cm³/mol. The van der Waals surface area contributed by atoms with Crippen molar-refractivity contribution in [1.82, 2.24) is 19.5 Å². The molecule has 2 bridgehead atoms. The first-order chi connectivity index (χ1) is 23.8. The summed E-state index contributed by atoms with van der Waals surface area (Å²) >= 11 is 0. The van der Waals surface area contributed by atoms with Crippen LogP contribution >= 0.6 is 0 Å². The van der Waals surface area contributed by atoms with Gasteiger partial charge in [-0.3, -0.25) is 14.6 Å². The zero-order valence-corrected chi connectivity index (χ0v) is 29.5. The van der Waals surface area contributed by atoms with Gasteiger partial charge in [-0.25, -0.2) is 15.0 Å². The van der Waals surface area contributed by atoms with Gasteiger partial charge in [0.25, 0.3) is 0 Å². The van der Waals surface area contributed by atoms with Crippen molar-refractivity contribution in [2.24, 2.45) is 49.9 Å². The summed E-state index contributed by atoms with van der Waals surface area (Å²) in [7, 11) is 1.57. The Labute approximate surface area is 292 Å². The van der Waals surface area contributed by atoms with Crippen molar-refractivity contribution in [3.05, 3.63) is 54.6 Å². The fourth-order valence-corrected chi connectivity index (χ4v) is 9.32. The van der Waals surface area contributed by atoms with E-state index in [4.69, 9.17) is 21.1 Å². The van der Waals surface area contributed by atoms with Gasteiger partial charge < -0.3 is 30.7 Å². The molecule has 266 valence electrons. The molecule has 3 aliphatic carbocycles. The molecule has 3 aromatic rings. The smallest absolute Gasteiger partial charge is 0.327 e. The first-order valence-electron chi connectivity index (χ1n) is 17.2. The molecule has 50 heavy (non-hydrogen) atoms. The molecule has 5 N–H and O–H groups in total. The lowest BCUT2D eigenvalue weighted by Crippen LogP contribution is -2.63. The Kier molecular flexibility index (Phi) is 9.31. The largest absolute Gasteiger partial charge is 0.496 e. The lowest BCUT2D eigenvalue weighted by molar-refractivity contribution is -0.205. The molecular weight excluding hydrogens is 636 g/mol. The third kappa shape index (κ3) is 5.65. The van der Waals surface area contributed by atoms with Crippen LogP contribution in [0.15, 0.2) is 53.6 Å². The van der Waals surface area contributed by atoms with Crippen molar-refractivity contribution in [3.63, 3.8) is 0 Å². The number of benzene rings is 1. The van der Waals surface area contributed by atoms with Crippen LogP contribution < -0.4 is 16.3 Å². The lowest BCUT2D eigenvalue weighted by Gasteiger charge is -2.61. The second-order valence-electron chi connectivity index (χ2n) is 14.9. The minimum absolute atomic E-state index is 0.101. The third-order valence-corrected chi connectivity index (χ3v) is 12.5. The number of aromatic nitrogens is 4. The molecule has 0 amide bonds. The molecule has 1 aromatic carbocycles. The van der Waals surface area contributed by atoms with Crippen molar-refractivity contribution >= 4 is 40.7 Å². The fraction of sp³-hybridized carbons (Fsp3) is 0.541. The summed E-state index contributed by atoms with van der Waals surface area (Å²) in [5.41, 5.74) is 7.23. The Bertz CT molecular complexity index is 1870. The van der Waals surface area contributed by atoms with Gasteiger partial charge in [-0.05, 0) is 49.0 Å². The highest BCUT2D eigenvalue weighted by Gasteiger charge is 2.68. The van der Waals surface area contributed by atoms with E-state index >= 15 is 0 Å². The van der Waals surface area contributed by atoms with E-state index in [1.54, 1.807) is 25.6 Å². The average Bonchev–Trinajstić information content (AvgIpc) is 3.69. The summed E-state index contributed by atoms with van der Waals surface area (Å²) in [5, 5.41) is 15.7. The van der Waals surface area contributed by atoms with E-state index in [1.807, 2.05) is 23.6 Å². The Morgan fingerprint density at radius 3 is 2.72 bits per heavy atom. The van der Waals surface area contributed by atoms with Gasteiger partial charge in [0.05, 0.1) is 32.3 Å². The molecule has 0 aliphatic heterocycles. The maximum Gasteiger partial charge on any atom is 0.327 e. The molecule has 3 aliphatic rings. The number of carbonyl (C=O) groups excluding carboxylic acids is 2. The standard InChI is InChI=1S/C37H48N8O5/c1-7-35(4)15-28(36(5)21(2)10-12-37(22(3)32(35)48)13-11-26(46)31(36)37)50-29(47)17-40-16-25(44-39)23-8-9-24(27(14-23)49-6)18-45-20-43-30-33(38)41-19-42-34(30)45/h7-9,14,16,19-22,28,31-32,48H,1,10-13,15,17-18,39H2,2-6H3,(H2,38,41,42)/t21-,22+,28-,31+,32+,35-,36+,37+/m1/s1. The quantitative estimate of drug-likeness (QED) is 0.0971. The van der Waals surface area contributed by atoms with Crippen LogP contribution in [0.1, 0.15) is 70.9 Å². The molecule has 2 aromatic heterocycles. The van der Waals surface area contributed by atoms with Crippen molar-refractivity contribution in [3.8, 4) is 5.75 Å². The first-order valence-corrected chi connectivity index (χ1v) is 17.2. The number of nitrogen functional groups attached to an aromatic ring is 1. The third-order valence-electron chi connectivity index (χ3n) is 12.5. The van der Waals surface area contributed by atoms with E-state index in [0.717, 1.165) is 24.8 Å². The topological polar surface area (TPSA) is 193 Å². The number of ether oxygens (including phenoxy) is 2. The summed E-state index contributed by atoms with van der Waals surface area (Å²) < 4.78 is 13.8. The number of hydrogen-bond donors (Lipinski definition) is 3. The molecular formula is C37H48N8O5. The van der Waals surface area contributed by atoms with E-state index in [9.17, 15) is 14.7 Å². The Balaban J connectivity index is 1.20. The summed E-state index contributed by atoms with van der Waals surface area (Å²) in [6, 6.07) is 5.51. The van der Waals surface area contributed by atoms with Crippen LogP contribution in [-0.2, 0) is 20.9 Å². The molecule has 0 spiro atoms. The average molecular weight is 685 g/mol. The molecule has 13 nitrogen and oxygen atoms in total. The highest BCUT2D eigenvalue weighted by molar-refractivity contribution is 6.38. The van der Waals surface area contributed by atoms with Crippen molar-refractivity contribution in [1.29, 1.82) is 0 Å². The number of Topliss-reactive ketones (excluding diaryl/α,β-unsaturated/α-hetero) is 1. The highest BCUT2D eigenvalue weighted by Crippen LogP contribution is 2.68. The molecule has 8 atom stereocenters. The molecule has 2 heterocycles. The number of nitrogens with zero attached hydrogens (tertiary/aromatic N) is 6. The van der Waals surface area contributed by atoms with Gasteiger partial charge in [0, 0.05) is 34.3 Å². The predicted octanol–water partition coefficient (Wildman–Crippen LogP) is 4.11. The SMILES string of the molecule is C=C[C@]1(C)C[C@@H](OC(=O)CN=CC(=NN)c2ccc(Cn3cnc4c(N)ncnc43)c(OC)c2)[C@]2(C)[C@H](C)CC[C@]3(CCC(=O)[C@H]32)[C@@H](C)[C@@H]1O. The van der Waals surface area contributed by atoms with Gasteiger partial charge in [-0.2, -0.15) is 5.10 Å². The number of rotatable bonds is 9. The lowest BCUT2D eigenvalue weighted by atomic mass is 9.44. The number of fused-ring (bicyclic) bond motifs is 1. The number of aliphatic imine (C=N–C) groups is 1. The number of ketones is 1. The minimum atomic E-state index is -0.732. The molecule has 0 unspecified atom stereocenters. The second-order valence-corrected chi connectivity index (χ2v) is 14.9. The minimum Gasteiger partial charge on any atom is -0.496 e. The maximum atomic E-state index is 13.7. The number of nitrogens with two attached hydrogens (primary N) is 2. The number of hydrogen-bond acceptors (Lipinski definition) is 12. The Morgan fingerprint density at radius 2 is 2.00 bits per heavy atom. The van der Waals surface area contributed by atoms with E-state index in [-0.39, 0.29) is 35.5 Å². The molecule has 3 saturated carbocycles. The molecule has 3 fully saturated rings. The molecule has 0 saturated heterocycles. The van der Waals surface area contributed by atoms with Crippen LogP contribution in [-0.4, -0.2) is 74.2 Å². The van der Waals surface area contributed by atoms with E-state index in [2.05, 4.69) is 52.4 Å². The summed E-state index contributed by atoms with van der Waals surface area (Å²) in [4.78, 5) is 44.2. The maximum absolute atomic E-state index is 13.7. The van der Waals surface area contributed by atoms with Crippen molar-refractivity contribution in [2.75, 3.05) is 19.4 Å². The van der Waals surface area contributed by atoms with Gasteiger partial charge in [-0.15, -0.1) is 6.58 Å². The monoisotopic (exact) mass is 684 g/mol. The van der Waals surface area contributed by atoms with Gasteiger partial charge in [0.15, 0.2) is 11.5 Å². The summed E-state index contributed by atoms with van der Waals surface area (Å²) in [6.45, 7) is 12.6. The first kappa shape index (κ1) is 35.2. The number of aliphatic hydroxyl groups is 1. The Morgan fingerprint density at radius 1 is 1.22 bits per heavy atom. The zero-order chi connectivity index (χ0) is 36.0. The fourth-order valence-electron chi connectivity index (χ4n) is 9.32. The van der Waals surface area contributed by atoms with Gasteiger partial charge >= 0.3 is 5.97 Å². The van der Waals surface area contributed by atoms with Gasteiger partial charge in [0.2, 0.25) is 0 Å². The van der Waals surface area contributed by atoms with E-state index < -0.39 is 29.0 Å². The highest BCUT2D eigenvalue weighted by atomic mass is 16.5. The van der Waals surface area contributed by atoms with Crippen LogP contribution in [0.3, 0.4) is 0 Å². The van der Waals surface area contributed by atoms with Crippen molar-refractivity contribution in [2.45, 2.75) is 78.6 Å². The van der Waals surface area contributed by atoms with Gasteiger partial charge in [-0.1, -0.05) is 45.9 Å². The van der Waals surface area contributed by atoms with Gasteiger partial charge in [0.1, 0.15) is 41.7 Å². The Hall–Kier alpha value is -4.65. The van der Waals surface area contributed by atoms with Crippen LogP contribution in [0.2, 0.25) is 0 Å². The molecule has 13 heteroatoms.